The van der Waals surface area contributed by atoms with Crippen LogP contribution in [0.15, 0.2) is 60.8 Å². The molecule has 3 atom stereocenters. The number of aliphatic hydroxyl groups is 2. The lowest BCUT2D eigenvalue weighted by molar-refractivity contribution is -0.153. The zero-order valence-corrected chi connectivity index (χ0v) is 33.1. The van der Waals surface area contributed by atoms with E-state index in [-0.39, 0.29) is 12.8 Å². The molecule has 3 N–H and O–H groups in total. The maximum Gasteiger partial charge on any atom is 0.472 e. The Morgan fingerprint density at radius 2 is 0.904 bits per heavy atom. The Hall–Kier alpha value is -2.33. The van der Waals surface area contributed by atoms with Gasteiger partial charge in [-0.15, -0.1) is 0 Å². The third kappa shape index (κ3) is 34.7. The van der Waals surface area contributed by atoms with E-state index in [2.05, 4.69) is 74.6 Å². The van der Waals surface area contributed by atoms with E-state index < -0.39 is 58.4 Å². The van der Waals surface area contributed by atoms with E-state index in [1.54, 1.807) is 0 Å². The first-order chi connectivity index (χ1) is 25.3. The van der Waals surface area contributed by atoms with Gasteiger partial charge < -0.3 is 24.6 Å². The van der Waals surface area contributed by atoms with Gasteiger partial charge in [0.25, 0.3) is 0 Å². The minimum absolute atomic E-state index is 0.173. The van der Waals surface area contributed by atoms with Gasteiger partial charge in [-0.2, -0.15) is 0 Å². The lowest BCUT2D eigenvalue weighted by atomic mass is 10.1. The fourth-order valence-corrected chi connectivity index (χ4v) is 5.71. The zero-order chi connectivity index (χ0) is 38.4. The monoisotopic (exact) mass is 754 g/mol. The molecule has 3 unspecified atom stereocenters. The van der Waals surface area contributed by atoms with Crippen LogP contribution in [0.3, 0.4) is 0 Å². The topological polar surface area (TPSA) is 149 Å². The van der Waals surface area contributed by atoms with Crippen molar-refractivity contribution in [1.82, 2.24) is 0 Å². The molecule has 10 nitrogen and oxygen atoms in total. The number of aliphatic hydroxyl groups excluding tert-OH is 2. The minimum atomic E-state index is -4.64. The molecule has 0 saturated heterocycles. The van der Waals surface area contributed by atoms with E-state index in [1.807, 2.05) is 0 Å². The predicted molar refractivity (Wildman–Crippen MR) is 210 cm³/mol. The molecule has 0 heterocycles. The molecule has 0 aromatic carbocycles. The Labute approximate surface area is 315 Å². The summed E-state index contributed by atoms with van der Waals surface area (Å²) in [6.45, 7) is 1.97. The second-order valence-electron chi connectivity index (χ2n) is 12.9. The van der Waals surface area contributed by atoms with E-state index in [1.165, 1.54) is 0 Å². The van der Waals surface area contributed by atoms with E-state index in [0.717, 1.165) is 109 Å². The fourth-order valence-electron chi connectivity index (χ4n) is 4.93. The molecule has 0 aliphatic rings. The number of rotatable bonds is 36. The summed E-state index contributed by atoms with van der Waals surface area (Å²) >= 11 is 0. The van der Waals surface area contributed by atoms with Crippen molar-refractivity contribution in [3.8, 4) is 0 Å². The first-order valence-electron chi connectivity index (χ1n) is 19.7. The highest BCUT2D eigenvalue weighted by Crippen LogP contribution is 2.43. The SMILES string of the molecule is CC/C=C\C/C=C\C/C=C\C/C=C\CCCCCCCCC(=O)OC(CO)COP(=O)(O)OCC(CO)OC(=O)CCCCCCC/C=C\CCC. The van der Waals surface area contributed by atoms with Gasteiger partial charge in [0.05, 0.1) is 26.4 Å². The van der Waals surface area contributed by atoms with Crippen molar-refractivity contribution in [2.45, 2.75) is 161 Å². The van der Waals surface area contributed by atoms with Crippen LogP contribution in [-0.2, 0) is 32.7 Å². The molecule has 0 aromatic rings. The molecule has 0 aliphatic carbocycles. The molecule has 0 rings (SSSR count). The van der Waals surface area contributed by atoms with Crippen LogP contribution in [0.5, 0.6) is 0 Å². The summed E-state index contributed by atoms with van der Waals surface area (Å²) in [5.41, 5.74) is 0. The molecular weight excluding hydrogens is 683 g/mol. The molecule has 11 heteroatoms. The van der Waals surface area contributed by atoms with Crippen molar-refractivity contribution >= 4 is 19.8 Å². The van der Waals surface area contributed by atoms with Crippen molar-refractivity contribution in [3.63, 3.8) is 0 Å². The van der Waals surface area contributed by atoms with Crippen LogP contribution >= 0.6 is 7.82 Å². The average Bonchev–Trinajstić information content (AvgIpc) is 3.13. The number of carbonyl (C=O) groups is 2. The highest BCUT2D eigenvalue weighted by molar-refractivity contribution is 7.47. The Balaban J connectivity index is 3.98. The van der Waals surface area contributed by atoms with Gasteiger partial charge in [0.2, 0.25) is 0 Å². The summed E-state index contributed by atoms with van der Waals surface area (Å²) in [6.07, 6.45) is 39.2. The van der Waals surface area contributed by atoms with Crippen molar-refractivity contribution < 1.29 is 47.8 Å². The lowest BCUT2D eigenvalue weighted by Crippen LogP contribution is -2.28. The molecule has 0 bridgehead atoms. The van der Waals surface area contributed by atoms with Crippen molar-refractivity contribution in [3.05, 3.63) is 60.8 Å². The summed E-state index contributed by atoms with van der Waals surface area (Å²) in [5, 5.41) is 19.1. The van der Waals surface area contributed by atoms with Gasteiger partial charge in [-0.1, -0.05) is 126 Å². The van der Waals surface area contributed by atoms with Gasteiger partial charge >= 0.3 is 19.8 Å². The maximum atomic E-state index is 12.3. The molecule has 0 saturated carbocycles. The average molecular weight is 755 g/mol. The van der Waals surface area contributed by atoms with Crippen molar-refractivity contribution in [1.29, 1.82) is 0 Å². The second kappa shape index (κ2) is 37.0. The molecule has 52 heavy (non-hydrogen) atoms. The molecule has 0 spiro atoms. The number of hydrogen-bond donors (Lipinski definition) is 3. The number of carbonyl (C=O) groups excluding carboxylic acids is 2. The molecule has 0 aromatic heterocycles. The highest BCUT2D eigenvalue weighted by Gasteiger charge is 2.27. The summed E-state index contributed by atoms with van der Waals surface area (Å²) in [6, 6.07) is 0. The van der Waals surface area contributed by atoms with Gasteiger partial charge in [0.1, 0.15) is 12.2 Å². The highest BCUT2D eigenvalue weighted by atomic mass is 31.2. The van der Waals surface area contributed by atoms with Crippen LogP contribution in [-0.4, -0.2) is 65.7 Å². The summed E-state index contributed by atoms with van der Waals surface area (Å²) in [4.78, 5) is 34.4. The van der Waals surface area contributed by atoms with Gasteiger partial charge in [-0.25, -0.2) is 4.57 Å². The van der Waals surface area contributed by atoms with Gasteiger partial charge in [-0.3, -0.25) is 18.6 Å². The zero-order valence-electron chi connectivity index (χ0n) is 32.3. The van der Waals surface area contributed by atoms with E-state index in [4.69, 9.17) is 18.5 Å². The number of allylic oxidation sites excluding steroid dienone is 10. The van der Waals surface area contributed by atoms with Crippen LogP contribution in [0.2, 0.25) is 0 Å². The first kappa shape index (κ1) is 49.7. The number of ether oxygens (including phenoxy) is 2. The summed E-state index contributed by atoms with van der Waals surface area (Å²) in [5.74, 6) is -1.05. The van der Waals surface area contributed by atoms with Gasteiger partial charge in [0.15, 0.2) is 0 Å². The summed E-state index contributed by atoms with van der Waals surface area (Å²) < 4.78 is 32.4. The molecular formula is C41H71O10P. The lowest BCUT2D eigenvalue weighted by Gasteiger charge is -2.20. The quantitative estimate of drug-likeness (QED) is 0.0244. The van der Waals surface area contributed by atoms with Crippen molar-refractivity contribution in [2.75, 3.05) is 26.4 Å². The van der Waals surface area contributed by atoms with Crippen LogP contribution in [0.25, 0.3) is 0 Å². The van der Waals surface area contributed by atoms with Crippen molar-refractivity contribution in [2.24, 2.45) is 0 Å². The van der Waals surface area contributed by atoms with Crippen LogP contribution in [0, 0.1) is 0 Å². The predicted octanol–water partition coefficient (Wildman–Crippen LogP) is 9.94. The van der Waals surface area contributed by atoms with Crippen LogP contribution in [0.4, 0.5) is 0 Å². The van der Waals surface area contributed by atoms with Gasteiger partial charge in [0, 0.05) is 12.8 Å². The Morgan fingerprint density at radius 3 is 1.33 bits per heavy atom. The first-order valence-corrected chi connectivity index (χ1v) is 21.2. The third-order valence-corrected chi connectivity index (χ3v) is 8.90. The Morgan fingerprint density at radius 1 is 0.538 bits per heavy atom. The third-order valence-electron chi connectivity index (χ3n) is 7.94. The Bertz CT molecular complexity index is 1050. The molecule has 0 aliphatic heterocycles. The number of hydrogen-bond acceptors (Lipinski definition) is 9. The Kier molecular flexibility index (Phi) is 35.3. The van der Waals surface area contributed by atoms with E-state index >= 15 is 0 Å². The van der Waals surface area contributed by atoms with Crippen LogP contribution < -0.4 is 0 Å². The number of unbranched alkanes of at least 4 members (excludes halogenated alkanes) is 12. The normalized spacial score (nSPS) is 14.6. The largest absolute Gasteiger partial charge is 0.472 e. The smallest absolute Gasteiger partial charge is 0.457 e. The minimum Gasteiger partial charge on any atom is -0.457 e. The molecule has 300 valence electrons. The van der Waals surface area contributed by atoms with Crippen LogP contribution in [0.1, 0.15) is 149 Å². The standard InChI is InChI=1S/C41H71O10P/c1-3-5-7-9-11-13-15-16-17-18-19-20-21-22-23-25-27-29-31-33-41(45)51-39(35-43)37-49-52(46,47)48-36-38(34-42)50-40(44)32-30-28-26-24-14-12-10-8-6-4-2/h5,7-8,10-11,13,16-17,19-20,38-39,42-43H,3-4,6,9,12,14-15,18,21-37H2,1-2H3,(H,46,47)/b7-5-,10-8-,13-11-,17-16-,20-19-. The maximum absolute atomic E-state index is 12.3. The molecule has 0 amide bonds. The number of esters is 2. The molecule has 0 fully saturated rings. The number of phosphoric acid groups is 1. The van der Waals surface area contributed by atoms with Gasteiger partial charge in [-0.05, 0) is 70.6 Å². The summed E-state index contributed by atoms with van der Waals surface area (Å²) in [7, 11) is -4.64. The fraction of sp³-hybridized carbons (Fsp3) is 0.707. The number of phosphoric ester groups is 1. The van der Waals surface area contributed by atoms with E-state index in [0.29, 0.717) is 12.8 Å². The van der Waals surface area contributed by atoms with E-state index in [9.17, 15) is 29.3 Å². The second-order valence-corrected chi connectivity index (χ2v) is 14.3. The molecule has 0 radical (unpaired) electrons.